The molecule has 3 rings (SSSR count). The van der Waals surface area contributed by atoms with Crippen LogP contribution in [-0.2, 0) is 12.8 Å². The Bertz CT molecular complexity index is 655. The first kappa shape index (κ1) is 13.6. The number of anilines is 1. The number of aromatic nitrogens is 1. The van der Waals surface area contributed by atoms with Gasteiger partial charge in [-0.05, 0) is 37.0 Å². The molecule has 4 heteroatoms. The standard InChI is InChI=1S/C17H18N2O2/c1-12-10-16(15(11-18-12)17(20)21)19-8-6-13-4-2-3-5-14(13)7-9-19/h2-5,10-11H,6-9H2,1H3,(H,20,21). The number of pyridine rings is 1. The van der Waals surface area contributed by atoms with Crippen molar-refractivity contribution < 1.29 is 9.90 Å². The number of carboxylic acid groups (broad SMARTS) is 1. The Balaban J connectivity index is 1.93. The van der Waals surface area contributed by atoms with E-state index in [0.29, 0.717) is 0 Å². The third-order valence-corrected chi connectivity index (χ3v) is 4.01. The molecule has 0 radical (unpaired) electrons. The third kappa shape index (κ3) is 2.75. The summed E-state index contributed by atoms with van der Waals surface area (Å²) in [5, 5.41) is 9.36. The molecule has 21 heavy (non-hydrogen) atoms. The first-order valence-corrected chi connectivity index (χ1v) is 7.17. The number of hydrogen-bond acceptors (Lipinski definition) is 3. The molecule has 0 amide bonds. The van der Waals surface area contributed by atoms with Crippen LogP contribution in [-0.4, -0.2) is 29.1 Å². The van der Waals surface area contributed by atoms with Crippen LogP contribution in [0.1, 0.15) is 27.2 Å². The first-order chi connectivity index (χ1) is 10.1. The predicted octanol–water partition coefficient (Wildman–Crippen LogP) is 2.69. The van der Waals surface area contributed by atoms with E-state index in [1.807, 2.05) is 13.0 Å². The number of carbonyl (C=O) groups is 1. The van der Waals surface area contributed by atoms with Crippen molar-refractivity contribution in [3.63, 3.8) is 0 Å². The Morgan fingerprint density at radius 2 is 1.81 bits per heavy atom. The Morgan fingerprint density at radius 3 is 2.38 bits per heavy atom. The van der Waals surface area contributed by atoms with Gasteiger partial charge >= 0.3 is 5.97 Å². The SMILES string of the molecule is Cc1cc(N2CCc3ccccc3CC2)c(C(=O)O)cn1. The van der Waals surface area contributed by atoms with E-state index in [-0.39, 0.29) is 5.56 Å². The normalized spacial score (nSPS) is 14.4. The summed E-state index contributed by atoms with van der Waals surface area (Å²) in [5.41, 5.74) is 4.64. The molecule has 0 fully saturated rings. The fraction of sp³-hybridized carbons (Fsp3) is 0.294. The number of fused-ring (bicyclic) bond motifs is 1. The van der Waals surface area contributed by atoms with Crippen molar-refractivity contribution in [2.75, 3.05) is 18.0 Å². The van der Waals surface area contributed by atoms with Crippen molar-refractivity contribution in [2.45, 2.75) is 19.8 Å². The summed E-state index contributed by atoms with van der Waals surface area (Å²) in [6, 6.07) is 10.3. The minimum Gasteiger partial charge on any atom is -0.478 e. The van der Waals surface area contributed by atoms with Gasteiger partial charge in [0, 0.05) is 25.0 Å². The molecule has 4 nitrogen and oxygen atoms in total. The van der Waals surface area contributed by atoms with Crippen LogP contribution in [0.2, 0.25) is 0 Å². The molecule has 1 N–H and O–H groups in total. The molecule has 0 unspecified atom stereocenters. The van der Waals surface area contributed by atoms with Crippen molar-refractivity contribution in [1.82, 2.24) is 4.98 Å². The second-order valence-corrected chi connectivity index (χ2v) is 5.40. The molecule has 1 aliphatic heterocycles. The van der Waals surface area contributed by atoms with E-state index in [2.05, 4.69) is 34.1 Å². The fourth-order valence-corrected chi connectivity index (χ4v) is 2.88. The van der Waals surface area contributed by atoms with Gasteiger partial charge in [-0.1, -0.05) is 24.3 Å². The summed E-state index contributed by atoms with van der Waals surface area (Å²) in [6.45, 7) is 3.56. The Kier molecular flexibility index (Phi) is 3.60. The van der Waals surface area contributed by atoms with Gasteiger partial charge in [0.1, 0.15) is 5.56 Å². The van der Waals surface area contributed by atoms with Crippen LogP contribution in [0, 0.1) is 6.92 Å². The van der Waals surface area contributed by atoms with E-state index < -0.39 is 5.97 Å². The zero-order valence-corrected chi connectivity index (χ0v) is 12.0. The Morgan fingerprint density at radius 1 is 1.19 bits per heavy atom. The number of nitrogens with zero attached hydrogens (tertiary/aromatic N) is 2. The monoisotopic (exact) mass is 282 g/mol. The quantitative estimate of drug-likeness (QED) is 0.920. The van der Waals surface area contributed by atoms with E-state index in [1.54, 1.807) is 0 Å². The maximum absolute atomic E-state index is 11.4. The van der Waals surface area contributed by atoms with E-state index in [9.17, 15) is 9.90 Å². The van der Waals surface area contributed by atoms with Crippen LogP contribution >= 0.6 is 0 Å². The van der Waals surface area contributed by atoms with Gasteiger partial charge in [-0.15, -0.1) is 0 Å². The largest absolute Gasteiger partial charge is 0.478 e. The van der Waals surface area contributed by atoms with Crippen LogP contribution in [0.4, 0.5) is 5.69 Å². The second kappa shape index (κ2) is 5.56. The molecule has 2 heterocycles. The molecule has 0 saturated carbocycles. The van der Waals surface area contributed by atoms with Gasteiger partial charge in [0.15, 0.2) is 0 Å². The summed E-state index contributed by atoms with van der Waals surface area (Å²) >= 11 is 0. The second-order valence-electron chi connectivity index (χ2n) is 5.40. The number of aryl methyl sites for hydroxylation is 1. The Hall–Kier alpha value is -2.36. The van der Waals surface area contributed by atoms with E-state index in [4.69, 9.17) is 0 Å². The van der Waals surface area contributed by atoms with Crippen LogP contribution in [0.5, 0.6) is 0 Å². The lowest BCUT2D eigenvalue weighted by molar-refractivity contribution is 0.0697. The van der Waals surface area contributed by atoms with Gasteiger partial charge in [0.05, 0.1) is 5.69 Å². The van der Waals surface area contributed by atoms with Crippen molar-refractivity contribution >= 4 is 11.7 Å². The average molecular weight is 282 g/mol. The van der Waals surface area contributed by atoms with Gasteiger partial charge in [-0.2, -0.15) is 0 Å². The highest BCUT2D eigenvalue weighted by Crippen LogP contribution is 2.25. The van der Waals surface area contributed by atoms with Gasteiger partial charge in [0.25, 0.3) is 0 Å². The summed E-state index contributed by atoms with van der Waals surface area (Å²) in [7, 11) is 0. The highest BCUT2D eigenvalue weighted by Gasteiger charge is 2.19. The molecule has 1 aromatic heterocycles. The molecule has 108 valence electrons. The zero-order valence-electron chi connectivity index (χ0n) is 12.0. The minimum atomic E-state index is -0.917. The van der Waals surface area contributed by atoms with Crippen molar-refractivity contribution in [1.29, 1.82) is 0 Å². The highest BCUT2D eigenvalue weighted by atomic mass is 16.4. The number of benzene rings is 1. The summed E-state index contributed by atoms with van der Waals surface area (Å²) < 4.78 is 0. The number of hydrogen-bond donors (Lipinski definition) is 1. The van der Waals surface area contributed by atoms with E-state index >= 15 is 0 Å². The topological polar surface area (TPSA) is 53.4 Å². The Labute approximate surface area is 124 Å². The minimum absolute atomic E-state index is 0.284. The third-order valence-electron chi connectivity index (χ3n) is 4.01. The summed E-state index contributed by atoms with van der Waals surface area (Å²) in [5.74, 6) is -0.917. The van der Waals surface area contributed by atoms with Crippen molar-refractivity contribution in [2.24, 2.45) is 0 Å². The zero-order chi connectivity index (χ0) is 14.8. The van der Waals surface area contributed by atoms with Gasteiger partial charge in [0.2, 0.25) is 0 Å². The molecule has 1 aliphatic rings. The molecule has 0 atom stereocenters. The van der Waals surface area contributed by atoms with Crippen LogP contribution in [0.15, 0.2) is 36.5 Å². The highest BCUT2D eigenvalue weighted by molar-refractivity contribution is 5.94. The molecular weight excluding hydrogens is 264 g/mol. The first-order valence-electron chi connectivity index (χ1n) is 7.17. The fourth-order valence-electron chi connectivity index (χ4n) is 2.88. The lowest BCUT2D eigenvalue weighted by Gasteiger charge is -2.24. The maximum atomic E-state index is 11.4. The average Bonchev–Trinajstić information content (AvgIpc) is 2.69. The molecule has 0 bridgehead atoms. The number of aromatic carboxylic acids is 1. The lowest BCUT2D eigenvalue weighted by atomic mass is 10.0. The molecule has 1 aromatic carbocycles. The maximum Gasteiger partial charge on any atom is 0.339 e. The molecule has 2 aromatic rings. The van der Waals surface area contributed by atoms with Crippen LogP contribution < -0.4 is 4.90 Å². The van der Waals surface area contributed by atoms with E-state index in [1.165, 1.54) is 17.3 Å². The van der Waals surface area contributed by atoms with Crippen molar-refractivity contribution in [3.05, 3.63) is 58.9 Å². The molecule has 0 spiro atoms. The van der Waals surface area contributed by atoms with Crippen molar-refractivity contribution in [3.8, 4) is 0 Å². The summed E-state index contributed by atoms with van der Waals surface area (Å²) in [6.07, 6.45) is 3.35. The van der Waals surface area contributed by atoms with Crippen LogP contribution in [0.25, 0.3) is 0 Å². The molecule has 0 aliphatic carbocycles. The molecule has 0 saturated heterocycles. The summed E-state index contributed by atoms with van der Waals surface area (Å²) in [4.78, 5) is 17.7. The van der Waals surface area contributed by atoms with Crippen LogP contribution in [0.3, 0.4) is 0 Å². The smallest absolute Gasteiger partial charge is 0.339 e. The number of carboxylic acids is 1. The van der Waals surface area contributed by atoms with Gasteiger partial charge < -0.3 is 10.0 Å². The van der Waals surface area contributed by atoms with Gasteiger partial charge in [-0.3, -0.25) is 4.98 Å². The number of rotatable bonds is 2. The molecular formula is C17H18N2O2. The predicted molar refractivity (Wildman–Crippen MR) is 82.0 cm³/mol. The van der Waals surface area contributed by atoms with Gasteiger partial charge in [-0.25, -0.2) is 4.79 Å². The van der Waals surface area contributed by atoms with E-state index in [0.717, 1.165) is 37.3 Å². The lowest BCUT2D eigenvalue weighted by Crippen LogP contribution is -2.28.